The molecule has 2 atom stereocenters. The van der Waals surface area contributed by atoms with E-state index in [1.165, 1.54) is 6.42 Å². The van der Waals surface area contributed by atoms with Gasteiger partial charge in [0.1, 0.15) is 23.0 Å². The van der Waals surface area contributed by atoms with Crippen molar-refractivity contribution in [3.8, 4) is 11.5 Å². The van der Waals surface area contributed by atoms with Crippen LogP contribution in [0, 0.1) is 12.8 Å². The smallest absolute Gasteiger partial charge is 0.275 e. The topological polar surface area (TPSA) is 75.3 Å². The van der Waals surface area contributed by atoms with E-state index >= 15 is 0 Å². The lowest BCUT2D eigenvalue weighted by atomic mass is 10.2. The molecule has 6 nitrogen and oxygen atoms in total. The van der Waals surface area contributed by atoms with Gasteiger partial charge >= 0.3 is 0 Å². The summed E-state index contributed by atoms with van der Waals surface area (Å²) in [7, 11) is 0. The summed E-state index contributed by atoms with van der Waals surface area (Å²) < 4.78 is 11.6. The maximum atomic E-state index is 13.1. The van der Waals surface area contributed by atoms with E-state index in [2.05, 4.69) is 23.2 Å². The minimum Gasteiger partial charge on any atom is -0.464 e. The zero-order valence-electron chi connectivity index (χ0n) is 15.6. The first-order valence-corrected chi connectivity index (χ1v) is 9.60. The van der Waals surface area contributed by atoms with E-state index in [1.807, 2.05) is 30.0 Å². The van der Waals surface area contributed by atoms with Gasteiger partial charge in [0.15, 0.2) is 11.5 Å². The highest BCUT2D eigenvalue weighted by Crippen LogP contribution is 2.47. The Labute approximate surface area is 157 Å². The number of carbonyl (C=O) groups is 1. The molecule has 3 aromatic heterocycles. The van der Waals surface area contributed by atoms with E-state index in [4.69, 9.17) is 8.83 Å². The molecule has 1 amide bonds. The van der Waals surface area contributed by atoms with Gasteiger partial charge in [0.25, 0.3) is 5.91 Å². The van der Waals surface area contributed by atoms with Crippen molar-refractivity contribution in [1.82, 2.24) is 15.1 Å². The van der Waals surface area contributed by atoms with Crippen LogP contribution in [0.4, 0.5) is 0 Å². The normalized spacial score (nSPS) is 21.4. The van der Waals surface area contributed by atoms with E-state index in [0.717, 1.165) is 30.1 Å². The third-order valence-electron chi connectivity index (χ3n) is 5.53. The Morgan fingerprint density at radius 2 is 2.07 bits per heavy atom. The molecule has 1 N–H and O–H groups in total. The number of nitrogens with zero attached hydrogens (tertiary/aromatic N) is 2. The van der Waals surface area contributed by atoms with Gasteiger partial charge in [-0.2, -0.15) is 5.10 Å². The largest absolute Gasteiger partial charge is 0.464 e. The third-order valence-corrected chi connectivity index (χ3v) is 5.53. The number of rotatable bonds is 6. The molecule has 2 aliphatic carbocycles. The minimum absolute atomic E-state index is 0.0685. The van der Waals surface area contributed by atoms with Crippen molar-refractivity contribution >= 4 is 5.91 Å². The maximum absolute atomic E-state index is 13.1. The van der Waals surface area contributed by atoms with Crippen molar-refractivity contribution in [2.75, 3.05) is 0 Å². The van der Waals surface area contributed by atoms with Crippen molar-refractivity contribution in [2.24, 2.45) is 5.92 Å². The molecule has 5 rings (SSSR count). The van der Waals surface area contributed by atoms with Crippen molar-refractivity contribution in [2.45, 2.75) is 51.6 Å². The monoisotopic (exact) mass is 365 g/mol. The van der Waals surface area contributed by atoms with Crippen LogP contribution in [-0.4, -0.2) is 27.0 Å². The van der Waals surface area contributed by atoms with E-state index < -0.39 is 0 Å². The number of hydrogen-bond donors (Lipinski definition) is 1. The SMILES string of the molecule is Cc1ccc(-c2cc(C(=O)N(Cc3ccc(C4CC4C)o3)C3CC3)n[nH]2)o1. The van der Waals surface area contributed by atoms with Crippen LogP contribution in [-0.2, 0) is 6.54 Å². The Kier molecular flexibility index (Phi) is 3.74. The molecule has 0 saturated heterocycles. The number of furan rings is 2. The molecule has 0 aromatic carbocycles. The lowest BCUT2D eigenvalue weighted by Crippen LogP contribution is -2.32. The van der Waals surface area contributed by atoms with Gasteiger partial charge in [0, 0.05) is 18.0 Å². The molecule has 0 radical (unpaired) electrons. The number of H-pyrrole nitrogens is 1. The van der Waals surface area contributed by atoms with Crippen LogP contribution in [0.3, 0.4) is 0 Å². The number of nitrogens with one attached hydrogen (secondary N) is 1. The Bertz CT molecular complexity index is 978. The fourth-order valence-corrected chi connectivity index (χ4v) is 3.60. The lowest BCUT2D eigenvalue weighted by molar-refractivity contribution is 0.0710. The second-order valence-corrected chi connectivity index (χ2v) is 7.86. The summed E-state index contributed by atoms with van der Waals surface area (Å²) in [6.07, 6.45) is 3.27. The van der Waals surface area contributed by atoms with Gasteiger partial charge in [-0.25, -0.2) is 0 Å². The quantitative estimate of drug-likeness (QED) is 0.698. The van der Waals surface area contributed by atoms with Crippen LogP contribution < -0.4 is 0 Å². The van der Waals surface area contributed by atoms with Gasteiger partial charge in [0.2, 0.25) is 0 Å². The van der Waals surface area contributed by atoms with Crippen LogP contribution in [0.1, 0.15) is 59.9 Å². The molecule has 2 saturated carbocycles. The van der Waals surface area contributed by atoms with Crippen LogP contribution in [0.2, 0.25) is 0 Å². The molecule has 2 unspecified atom stereocenters. The Morgan fingerprint density at radius 3 is 2.74 bits per heavy atom. The first-order chi connectivity index (χ1) is 13.1. The maximum Gasteiger partial charge on any atom is 0.275 e. The standard InChI is InChI=1S/C21H23N3O3/c1-12-9-16(12)19-8-6-15(27-19)11-24(14-4-5-14)21(25)18-10-17(22-23-18)20-7-3-13(2)26-20/h3,6-8,10,12,14,16H,4-5,9,11H2,1-2H3,(H,22,23). The van der Waals surface area contributed by atoms with Crippen molar-refractivity contribution in [3.63, 3.8) is 0 Å². The number of hydrogen-bond acceptors (Lipinski definition) is 4. The van der Waals surface area contributed by atoms with Crippen LogP contribution in [0.25, 0.3) is 11.5 Å². The van der Waals surface area contributed by atoms with Gasteiger partial charge < -0.3 is 13.7 Å². The van der Waals surface area contributed by atoms with Crippen LogP contribution in [0.15, 0.2) is 39.2 Å². The molecular formula is C21H23N3O3. The number of amides is 1. The molecule has 2 fully saturated rings. The average molecular weight is 365 g/mol. The number of aryl methyl sites for hydroxylation is 1. The third kappa shape index (κ3) is 3.20. The number of carbonyl (C=O) groups excluding carboxylic acids is 1. The Morgan fingerprint density at radius 1 is 1.26 bits per heavy atom. The van der Waals surface area contributed by atoms with Gasteiger partial charge in [-0.3, -0.25) is 9.89 Å². The summed E-state index contributed by atoms with van der Waals surface area (Å²) in [5.74, 6) is 4.60. The van der Waals surface area contributed by atoms with Crippen molar-refractivity contribution in [3.05, 3.63) is 53.3 Å². The molecular weight excluding hydrogens is 342 g/mol. The first kappa shape index (κ1) is 16.4. The zero-order valence-corrected chi connectivity index (χ0v) is 15.6. The van der Waals surface area contributed by atoms with E-state index in [0.29, 0.717) is 35.5 Å². The van der Waals surface area contributed by atoms with Crippen molar-refractivity contribution < 1.29 is 13.6 Å². The van der Waals surface area contributed by atoms with Crippen LogP contribution in [0.5, 0.6) is 0 Å². The van der Waals surface area contributed by atoms with Crippen molar-refractivity contribution in [1.29, 1.82) is 0 Å². The molecule has 3 aromatic rings. The van der Waals surface area contributed by atoms with Crippen LogP contribution >= 0.6 is 0 Å². The molecule has 0 bridgehead atoms. The highest BCUT2D eigenvalue weighted by molar-refractivity contribution is 5.93. The molecule has 2 aliphatic rings. The number of aromatic nitrogens is 2. The summed E-state index contributed by atoms with van der Waals surface area (Å²) in [5.41, 5.74) is 1.12. The summed E-state index contributed by atoms with van der Waals surface area (Å²) in [6, 6.07) is 9.87. The van der Waals surface area contributed by atoms with E-state index in [9.17, 15) is 4.79 Å². The fourth-order valence-electron chi connectivity index (χ4n) is 3.60. The molecule has 6 heteroatoms. The van der Waals surface area contributed by atoms with Gasteiger partial charge in [0.05, 0.1) is 6.54 Å². The van der Waals surface area contributed by atoms with E-state index in [-0.39, 0.29) is 11.9 Å². The molecule has 27 heavy (non-hydrogen) atoms. The lowest BCUT2D eigenvalue weighted by Gasteiger charge is -2.20. The second-order valence-electron chi connectivity index (χ2n) is 7.86. The zero-order chi connectivity index (χ0) is 18.5. The second kappa shape index (κ2) is 6.15. The van der Waals surface area contributed by atoms with Gasteiger partial charge in [-0.05, 0) is 56.4 Å². The first-order valence-electron chi connectivity index (χ1n) is 9.60. The average Bonchev–Trinajstić information content (AvgIpc) is 3.42. The number of aromatic amines is 1. The summed E-state index contributed by atoms with van der Waals surface area (Å²) in [6.45, 7) is 4.62. The fraction of sp³-hybridized carbons (Fsp3) is 0.429. The minimum atomic E-state index is -0.0685. The summed E-state index contributed by atoms with van der Waals surface area (Å²) in [5, 5.41) is 7.13. The van der Waals surface area contributed by atoms with Gasteiger partial charge in [-0.1, -0.05) is 6.92 Å². The highest BCUT2D eigenvalue weighted by Gasteiger charge is 2.38. The van der Waals surface area contributed by atoms with E-state index in [1.54, 1.807) is 6.07 Å². The summed E-state index contributed by atoms with van der Waals surface area (Å²) in [4.78, 5) is 14.9. The molecule has 140 valence electrons. The molecule has 3 heterocycles. The predicted molar refractivity (Wildman–Crippen MR) is 99.2 cm³/mol. The summed E-state index contributed by atoms with van der Waals surface area (Å²) >= 11 is 0. The molecule has 0 spiro atoms. The molecule has 0 aliphatic heterocycles. The predicted octanol–water partition coefficient (Wildman–Crippen LogP) is 4.50. The highest BCUT2D eigenvalue weighted by atomic mass is 16.3. The van der Waals surface area contributed by atoms with Gasteiger partial charge in [-0.15, -0.1) is 0 Å². The Balaban J connectivity index is 1.33. The Hall–Kier alpha value is -2.76.